The number of carbonyl (C=O) groups excluding carboxylic acids is 1. The van der Waals surface area contributed by atoms with E-state index in [2.05, 4.69) is 31.4 Å². The normalized spacial score (nSPS) is 21.1. The largest absolute Gasteiger partial charge is 0.493 e. The average Bonchev–Trinajstić information content (AvgIpc) is 2.48. The van der Waals surface area contributed by atoms with Crippen molar-refractivity contribution in [1.82, 2.24) is 10.6 Å². The van der Waals surface area contributed by atoms with Crippen LogP contribution in [0.3, 0.4) is 0 Å². The van der Waals surface area contributed by atoms with Gasteiger partial charge in [0.2, 0.25) is 0 Å². The second kappa shape index (κ2) is 9.01. The van der Waals surface area contributed by atoms with Crippen molar-refractivity contribution in [2.45, 2.75) is 33.2 Å². The molecule has 5 heteroatoms. The van der Waals surface area contributed by atoms with Gasteiger partial charge >= 0.3 is 0 Å². The lowest BCUT2D eigenvalue weighted by Crippen LogP contribution is -2.48. The van der Waals surface area contributed by atoms with Crippen LogP contribution in [0.2, 0.25) is 0 Å². The second-order valence-electron chi connectivity index (χ2n) is 6.28. The molecule has 1 fully saturated rings. The topological polar surface area (TPSA) is 50.4 Å². The summed E-state index contributed by atoms with van der Waals surface area (Å²) in [6.07, 6.45) is 0.983. The van der Waals surface area contributed by atoms with Crippen LogP contribution in [0.4, 0.5) is 0 Å². The summed E-state index contributed by atoms with van der Waals surface area (Å²) in [6, 6.07) is 7.68. The van der Waals surface area contributed by atoms with Gasteiger partial charge in [0.15, 0.2) is 0 Å². The van der Waals surface area contributed by atoms with Gasteiger partial charge in [0.25, 0.3) is 5.91 Å². The first-order valence-electron chi connectivity index (χ1n) is 7.80. The molecule has 0 saturated carbocycles. The Hall–Kier alpha value is -1.26. The number of ether oxygens (including phenoxy) is 1. The van der Waals surface area contributed by atoms with Crippen LogP contribution in [-0.4, -0.2) is 31.6 Å². The molecule has 2 unspecified atom stereocenters. The molecule has 0 radical (unpaired) electrons. The SMILES string of the molecule is CC(C)COc1cccc(C(=O)NC2CCNCC2C)c1.Cl. The molecule has 1 aromatic carbocycles. The van der Waals surface area contributed by atoms with Gasteiger partial charge in [-0.3, -0.25) is 4.79 Å². The van der Waals surface area contributed by atoms with Crippen molar-refractivity contribution in [1.29, 1.82) is 0 Å². The molecule has 124 valence electrons. The lowest BCUT2D eigenvalue weighted by atomic mass is 9.95. The number of piperidine rings is 1. The fraction of sp³-hybridized carbons (Fsp3) is 0.588. The maximum Gasteiger partial charge on any atom is 0.251 e. The lowest BCUT2D eigenvalue weighted by molar-refractivity contribution is 0.0913. The van der Waals surface area contributed by atoms with Crippen molar-refractivity contribution in [2.75, 3.05) is 19.7 Å². The molecule has 0 aliphatic carbocycles. The van der Waals surface area contributed by atoms with Crippen molar-refractivity contribution in [3.8, 4) is 5.75 Å². The Morgan fingerprint density at radius 3 is 2.91 bits per heavy atom. The molecule has 1 heterocycles. The van der Waals surface area contributed by atoms with Crippen LogP contribution < -0.4 is 15.4 Å². The molecule has 2 atom stereocenters. The van der Waals surface area contributed by atoms with Gasteiger partial charge in [0.05, 0.1) is 6.61 Å². The van der Waals surface area contributed by atoms with Crippen LogP contribution in [0.5, 0.6) is 5.75 Å². The first kappa shape index (κ1) is 18.8. The van der Waals surface area contributed by atoms with Gasteiger partial charge in [-0.15, -0.1) is 12.4 Å². The standard InChI is InChI=1S/C17H26N2O2.ClH/c1-12(2)11-21-15-6-4-5-14(9-15)17(20)19-16-7-8-18-10-13(16)3;/h4-6,9,12-13,16,18H,7-8,10-11H2,1-3H3,(H,19,20);1H. The van der Waals surface area contributed by atoms with Crippen molar-refractivity contribution in [2.24, 2.45) is 11.8 Å². The average molecular weight is 327 g/mol. The van der Waals surface area contributed by atoms with E-state index >= 15 is 0 Å². The summed E-state index contributed by atoms with van der Waals surface area (Å²) in [5.74, 6) is 1.68. The predicted octanol–water partition coefficient (Wildman–Crippen LogP) is 2.87. The molecule has 1 amide bonds. The Bertz CT molecular complexity index is 479. The summed E-state index contributed by atoms with van der Waals surface area (Å²) < 4.78 is 5.68. The summed E-state index contributed by atoms with van der Waals surface area (Å²) in [4.78, 5) is 12.4. The van der Waals surface area contributed by atoms with Gasteiger partial charge in [-0.05, 0) is 49.5 Å². The molecule has 0 bridgehead atoms. The number of hydrogen-bond donors (Lipinski definition) is 2. The van der Waals surface area contributed by atoms with E-state index in [-0.39, 0.29) is 24.4 Å². The predicted molar refractivity (Wildman–Crippen MR) is 91.9 cm³/mol. The number of rotatable bonds is 5. The van der Waals surface area contributed by atoms with Crippen LogP contribution in [0, 0.1) is 11.8 Å². The third-order valence-corrected chi connectivity index (χ3v) is 3.78. The fourth-order valence-corrected chi connectivity index (χ4v) is 2.47. The lowest BCUT2D eigenvalue weighted by Gasteiger charge is -2.30. The number of amides is 1. The zero-order valence-electron chi connectivity index (χ0n) is 13.6. The van der Waals surface area contributed by atoms with Gasteiger partial charge in [0, 0.05) is 11.6 Å². The minimum Gasteiger partial charge on any atom is -0.493 e. The summed E-state index contributed by atoms with van der Waals surface area (Å²) in [5.41, 5.74) is 0.669. The number of benzene rings is 1. The number of nitrogens with one attached hydrogen (secondary N) is 2. The van der Waals surface area contributed by atoms with Crippen molar-refractivity contribution >= 4 is 18.3 Å². The minimum atomic E-state index is -0.0104. The van der Waals surface area contributed by atoms with Gasteiger partial charge in [-0.2, -0.15) is 0 Å². The van der Waals surface area contributed by atoms with E-state index in [0.29, 0.717) is 24.0 Å². The molecule has 4 nitrogen and oxygen atoms in total. The van der Waals surface area contributed by atoms with Crippen LogP contribution in [-0.2, 0) is 0 Å². The zero-order valence-corrected chi connectivity index (χ0v) is 14.4. The monoisotopic (exact) mass is 326 g/mol. The van der Waals surface area contributed by atoms with Crippen molar-refractivity contribution in [3.05, 3.63) is 29.8 Å². The zero-order chi connectivity index (χ0) is 15.2. The first-order valence-corrected chi connectivity index (χ1v) is 7.80. The van der Waals surface area contributed by atoms with Gasteiger partial charge in [-0.1, -0.05) is 26.8 Å². The van der Waals surface area contributed by atoms with E-state index < -0.39 is 0 Å². The fourth-order valence-electron chi connectivity index (χ4n) is 2.47. The highest BCUT2D eigenvalue weighted by molar-refractivity contribution is 5.94. The third-order valence-electron chi connectivity index (χ3n) is 3.78. The summed E-state index contributed by atoms with van der Waals surface area (Å²) in [6.45, 7) is 8.97. The van der Waals surface area contributed by atoms with Crippen molar-refractivity contribution < 1.29 is 9.53 Å². The van der Waals surface area contributed by atoms with E-state index in [4.69, 9.17) is 4.74 Å². The maximum absolute atomic E-state index is 12.4. The minimum absolute atomic E-state index is 0. The molecule has 22 heavy (non-hydrogen) atoms. The Morgan fingerprint density at radius 2 is 2.23 bits per heavy atom. The molecule has 1 aliphatic heterocycles. The van der Waals surface area contributed by atoms with Crippen LogP contribution >= 0.6 is 12.4 Å². The summed E-state index contributed by atoms with van der Waals surface area (Å²) in [7, 11) is 0. The third kappa shape index (κ3) is 5.50. The Labute approximate surface area is 139 Å². The van der Waals surface area contributed by atoms with Crippen LogP contribution in [0.25, 0.3) is 0 Å². The van der Waals surface area contributed by atoms with E-state index in [9.17, 15) is 4.79 Å². The maximum atomic E-state index is 12.4. The van der Waals surface area contributed by atoms with Crippen molar-refractivity contribution in [3.63, 3.8) is 0 Å². The molecule has 1 saturated heterocycles. The summed E-state index contributed by atoms with van der Waals surface area (Å²) >= 11 is 0. The summed E-state index contributed by atoms with van der Waals surface area (Å²) in [5, 5.41) is 6.49. The van der Waals surface area contributed by atoms with E-state index in [1.54, 1.807) is 0 Å². The molecule has 2 N–H and O–H groups in total. The second-order valence-corrected chi connectivity index (χ2v) is 6.28. The highest BCUT2D eigenvalue weighted by atomic mass is 35.5. The van der Waals surface area contributed by atoms with E-state index in [1.165, 1.54) is 0 Å². The van der Waals surface area contributed by atoms with E-state index in [0.717, 1.165) is 25.3 Å². The molecule has 0 aromatic heterocycles. The smallest absolute Gasteiger partial charge is 0.251 e. The van der Waals surface area contributed by atoms with Crippen LogP contribution in [0.15, 0.2) is 24.3 Å². The van der Waals surface area contributed by atoms with Gasteiger partial charge in [0.1, 0.15) is 5.75 Å². The molecular weight excluding hydrogens is 300 g/mol. The van der Waals surface area contributed by atoms with Gasteiger partial charge < -0.3 is 15.4 Å². The molecule has 0 spiro atoms. The molecule has 1 aliphatic rings. The Kier molecular flexibility index (Phi) is 7.69. The Morgan fingerprint density at radius 1 is 1.45 bits per heavy atom. The van der Waals surface area contributed by atoms with Crippen LogP contribution in [0.1, 0.15) is 37.6 Å². The molecule has 2 rings (SSSR count). The quantitative estimate of drug-likeness (QED) is 0.874. The number of carbonyl (C=O) groups is 1. The number of hydrogen-bond acceptors (Lipinski definition) is 3. The van der Waals surface area contributed by atoms with Gasteiger partial charge in [-0.25, -0.2) is 0 Å². The first-order chi connectivity index (χ1) is 10.1. The highest BCUT2D eigenvalue weighted by Crippen LogP contribution is 2.16. The molecule has 1 aromatic rings. The Balaban J connectivity index is 0.00000242. The number of halogens is 1. The molecular formula is C17H27ClN2O2. The highest BCUT2D eigenvalue weighted by Gasteiger charge is 2.23. The van der Waals surface area contributed by atoms with E-state index in [1.807, 2.05) is 24.3 Å².